The summed E-state index contributed by atoms with van der Waals surface area (Å²) in [5.74, 6) is 0. The van der Waals surface area contributed by atoms with Gasteiger partial charge in [0.1, 0.15) is 17.6 Å². The maximum Gasteiger partial charge on any atom is 0.361 e. The van der Waals surface area contributed by atoms with Gasteiger partial charge in [-0.05, 0) is 24.3 Å². The fraction of sp³-hybridized carbons (Fsp3) is 0. The molecule has 5 nitrogen and oxygen atoms in total. The highest BCUT2D eigenvalue weighted by Gasteiger charge is 2.07. The SMILES string of the molecule is O=c1oc2ccccc2cc1Nn1cnc2ccccc21. The van der Waals surface area contributed by atoms with Gasteiger partial charge in [0.2, 0.25) is 0 Å². The summed E-state index contributed by atoms with van der Waals surface area (Å²) in [5.41, 5.74) is 5.32. The van der Waals surface area contributed by atoms with E-state index >= 15 is 0 Å². The lowest BCUT2D eigenvalue weighted by Gasteiger charge is -2.07. The van der Waals surface area contributed by atoms with Gasteiger partial charge >= 0.3 is 5.63 Å². The largest absolute Gasteiger partial charge is 0.421 e. The molecule has 2 aromatic carbocycles. The summed E-state index contributed by atoms with van der Waals surface area (Å²) < 4.78 is 7.01. The third-order valence-corrected chi connectivity index (χ3v) is 3.34. The van der Waals surface area contributed by atoms with E-state index in [1.807, 2.05) is 42.5 Å². The van der Waals surface area contributed by atoms with E-state index in [1.165, 1.54) is 0 Å². The first-order valence-corrected chi connectivity index (χ1v) is 6.53. The monoisotopic (exact) mass is 277 g/mol. The van der Waals surface area contributed by atoms with Gasteiger partial charge in [0, 0.05) is 5.39 Å². The highest BCUT2D eigenvalue weighted by atomic mass is 16.4. The van der Waals surface area contributed by atoms with Crippen LogP contribution in [0.1, 0.15) is 0 Å². The molecule has 102 valence electrons. The highest BCUT2D eigenvalue weighted by Crippen LogP contribution is 2.17. The Kier molecular flexibility index (Phi) is 2.50. The van der Waals surface area contributed by atoms with Gasteiger partial charge in [0.25, 0.3) is 0 Å². The van der Waals surface area contributed by atoms with Crippen LogP contribution in [0.2, 0.25) is 0 Å². The average molecular weight is 277 g/mol. The summed E-state index contributed by atoms with van der Waals surface area (Å²) in [6.45, 7) is 0. The zero-order valence-electron chi connectivity index (χ0n) is 11.0. The molecular formula is C16H11N3O2. The molecule has 0 aliphatic carbocycles. The molecule has 1 N–H and O–H groups in total. The molecular weight excluding hydrogens is 266 g/mol. The summed E-state index contributed by atoms with van der Waals surface area (Å²) in [4.78, 5) is 16.3. The second-order valence-electron chi connectivity index (χ2n) is 4.70. The van der Waals surface area contributed by atoms with Gasteiger partial charge in [-0.1, -0.05) is 30.3 Å². The van der Waals surface area contributed by atoms with E-state index in [1.54, 1.807) is 23.1 Å². The van der Waals surface area contributed by atoms with Crippen molar-refractivity contribution < 1.29 is 4.42 Å². The van der Waals surface area contributed by atoms with Crippen LogP contribution in [0.5, 0.6) is 0 Å². The Morgan fingerprint density at radius 3 is 2.81 bits per heavy atom. The Hall–Kier alpha value is -3.08. The van der Waals surface area contributed by atoms with Gasteiger partial charge in [-0.25, -0.2) is 14.5 Å². The van der Waals surface area contributed by atoms with Crippen molar-refractivity contribution in [2.24, 2.45) is 0 Å². The number of nitrogens with one attached hydrogen (secondary N) is 1. The summed E-state index contributed by atoms with van der Waals surface area (Å²) in [7, 11) is 0. The molecule has 0 bridgehead atoms. The van der Waals surface area contributed by atoms with E-state index in [-0.39, 0.29) is 0 Å². The molecule has 0 saturated heterocycles. The molecule has 2 heterocycles. The number of hydrogen-bond donors (Lipinski definition) is 1. The van der Waals surface area contributed by atoms with Crippen molar-refractivity contribution >= 4 is 27.7 Å². The molecule has 0 saturated carbocycles. The highest BCUT2D eigenvalue weighted by molar-refractivity contribution is 5.80. The van der Waals surface area contributed by atoms with Gasteiger partial charge in [-0.3, -0.25) is 5.43 Å². The smallest absolute Gasteiger partial charge is 0.361 e. The molecule has 0 atom stereocenters. The molecule has 0 amide bonds. The molecule has 5 heteroatoms. The van der Waals surface area contributed by atoms with E-state index in [0.29, 0.717) is 11.3 Å². The zero-order valence-corrected chi connectivity index (χ0v) is 11.0. The topological polar surface area (TPSA) is 60.1 Å². The average Bonchev–Trinajstić information content (AvgIpc) is 2.91. The fourth-order valence-corrected chi connectivity index (χ4v) is 2.32. The third kappa shape index (κ3) is 1.95. The Labute approximate surface area is 119 Å². The van der Waals surface area contributed by atoms with Crippen LogP contribution in [0.4, 0.5) is 5.69 Å². The second-order valence-corrected chi connectivity index (χ2v) is 4.70. The number of anilines is 1. The number of fused-ring (bicyclic) bond motifs is 2. The molecule has 0 spiro atoms. The Morgan fingerprint density at radius 1 is 1.05 bits per heavy atom. The molecule has 21 heavy (non-hydrogen) atoms. The third-order valence-electron chi connectivity index (χ3n) is 3.34. The van der Waals surface area contributed by atoms with Crippen molar-refractivity contribution in [3.05, 3.63) is 71.3 Å². The van der Waals surface area contributed by atoms with Crippen LogP contribution in [0.15, 0.2) is 70.1 Å². The van der Waals surface area contributed by atoms with E-state index in [4.69, 9.17) is 4.42 Å². The van der Waals surface area contributed by atoms with Crippen LogP contribution in [0.25, 0.3) is 22.0 Å². The molecule has 4 rings (SSSR count). The van der Waals surface area contributed by atoms with Gasteiger partial charge in [0.05, 0.1) is 11.0 Å². The molecule has 4 aromatic rings. The predicted molar refractivity (Wildman–Crippen MR) is 81.2 cm³/mol. The quantitative estimate of drug-likeness (QED) is 0.572. The van der Waals surface area contributed by atoms with Gasteiger partial charge < -0.3 is 4.42 Å². The van der Waals surface area contributed by atoms with Gasteiger partial charge in [-0.15, -0.1) is 0 Å². The molecule has 0 radical (unpaired) electrons. The number of rotatable bonds is 2. The number of hydrogen-bond acceptors (Lipinski definition) is 4. The van der Waals surface area contributed by atoms with Crippen molar-refractivity contribution in [3.8, 4) is 0 Å². The van der Waals surface area contributed by atoms with Crippen LogP contribution in [-0.2, 0) is 0 Å². The first kappa shape index (κ1) is 11.7. The minimum Gasteiger partial charge on any atom is -0.421 e. The zero-order chi connectivity index (χ0) is 14.2. The number of nitrogens with zero attached hydrogens (tertiary/aromatic N) is 2. The van der Waals surface area contributed by atoms with Crippen molar-refractivity contribution in [1.82, 2.24) is 9.66 Å². The number of imidazole rings is 1. The van der Waals surface area contributed by atoms with Crippen molar-refractivity contribution in [1.29, 1.82) is 0 Å². The van der Waals surface area contributed by atoms with E-state index in [9.17, 15) is 4.79 Å². The Balaban J connectivity index is 1.84. The number of aromatic nitrogens is 2. The maximum atomic E-state index is 12.0. The summed E-state index contributed by atoms with van der Waals surface area (Å²) in [6.07, 6.45) is 1.64. The second kappa shape index (κ2) is 4.49. The van der Waals surface area contributed by atoms with Crippen LogP contribution in [-0.4, -0.2) is 9.66 Å². The lowest BCUT2D eigenvalue weighted by atomic mass is 10.2. The molecule has 0 unspecified atom stereocenters. The lowest BCUT2D eigenvalue weighted by Crippen LogP contribution is -2.15. The molecule has 0 aliphatic heterocycles. The fourth-order valence-electron chi connectivity index (χ4n) is 2.32. The van der Waals surface area contributed by atoms with Crippen LogP contribution < -0.4 is 11.1 Å². The number of para-hydroxylation sites is 3. The van der Waals surface area contributed by atoms with Gasteiger partial charge in [0.15, 0.2) is 0 Å². The van der Waals surface area contributed by atoms with E-state index in [2.05, 4.69) is 10.4 Å². The summed E-state index contributed by atoms with van der Waals surface area (Å²) in [6, 6.07) is 16.9. The minimum atomic E-state index is -0.411. The molecule has 0 fully saturated rings. The predicted octanol–water partition coefficient (Wildman–Crippen LogP) is 3.02. The lowest BCUT2D eigenvalue weighted by molar-refractivity contribution is 0.562. The molecule has 0 aliphatic rings. The first-order valence-electron chi connectivity index (χ1n) is 6.53. The van der Waals surface area contributed by atoms with E-state index < -0.39 is 5.63 Å². The van der Waals surface area contributed by atoms with Gasteiger partial charge in [-0.2, -0.15) is 0 Å². The van der Waals surface area contributed by atoms with Crippen LogP contribution in [0, 0.1) is 0 Å². The normalized spacial score (nSPS) is 11.0. The minimum absolute atomic E-state index is 0.372. The maximum absolute atomic E-state index is 12.0. The standard InChI is InChI=1S/C16H11N3O2/c20-16-13(9-11-5-1-4-8-15(11)21-16)18-19-10-17-12-6-2-3-7-14(12)19/h1-10,18H. The van der Waals surface area contributed by atoms with Crippen LogP contribution in [0.3, 0.4) is 0 Å². The number of benzene rings is 2. The van der Waals surface area contributed by atoms with Crippen molar-refractivity contribution in [2.45, 2.75) is 0 Å². The summed E-state index contributed by atoms with van der Waals surface area (Å²) >= 11 is 0. The summed E-state index contributed by atoms with van der Waals surface area (Å²) in [5, 5.41) is 0.865. The molecule has 2 aromatic heterocycles. The first-order chi connectivity index (χ1) is 10.3. The van der Waals surface area contributed by atoms with Crippen molar-refractivity contribution in [2.75, 3.05) is 5.43 Å². The van der Waals surface area contributed by atoms with E-state index in [0.717, 1.165) is 16.4 Å². The van der Waals surface area contributed by atoms with Crippen molar-refractivity contribution in [3.63, 3.8) is 0 Å². The Morgan fingerprint density at radius 2 is 1.86 bits per heavy atom. The van der Waals surface area contributed by atoms with Crippen LogP contribution >= 0.6 is 0 Å². The Bertz CT molecular complexity index is 1000.